The van der Waals surface area contributed by atoms with Crippen LogP contribution in [0.15, 0.2) is 60.7 Å². The third-order valence-corrected chi connectivity index (χ3v) is 4.68. The SMILES string of the molecule is CC(=O)Oc1cccc(C#Cc2ccc(N3CCC(Oc4ccccc4F)C3)nn2)c1. The average molecular weight is 417 g/mol. The fourth-order valence-electron chi connectivity index (χ4n) is 3.25. The van der Waals surface area contributed by atoms with Crippen molar-refractivity contribution in [3.63, 3.8) is 0 Å². The standard InChI is InChI=1S/C24H20FN3O3/c1-17(29)30-20-6-4-5-18(15-20)9-10-19-11-12-24(27-26-19)28-14-13-21(16-28)31-23-8-3-2-7-22(23)25/h2-8,11-12,15,21H,13-14,16H2,1H3. The zero-order valence-electron chi connectivity index (χ0n) is 16.9. The average Bonchev–Trinajstić information content (AvgIpc) is 3.23. The van der Waals surface area contributed by atoms with E-state index in [1.807, 2.05) is 12.1 Å². The van der Waals surface area contributed by atoms with E-state index in [2.05, 4.69) is 26.9 Å². The fourth-order valence-corrected chi connectivity index (χ4v) is 3.25. The van der Waals surface area contributed by atoms with Crippen molar-refractivity contribution in [3.05, 3.63) is 77.7 Å². The Morgan fingerprint density at radius 3 is 2.74 bits per heavy atom. The lowest BCUT2D eigenvalue weighted by molar-refractivity contribution is -0.131. The Labute approximate surface area is 179 Å². The number of aromatic nitrogens is 2. The highest BCUT2D eigenvalue weighted by Gasteiger charge is 2.26. The van der Waals surface area contributed by atoms with Crippen LogP contribution in [-0.4, -0.2) is 35.4 Å². The van der Waals surface area contributed by atoms with Gasteiger partial charge in [-0.25, -0.2) is 4.39 Å². The quantitative estimate of drug-likeness (QED) is 0.367. The van der Waals surface area contributed by atoms with E-state index in [1.165, 1.54) is 13.0 Å². The molecule has 6 nitrogen and oxygen atoms in total. The topological polar surface area (TPSA) is 64.5 Å². The lowest BCUT2D eigenvalue weighted by Crippen LogP contribution is -2.25. The third-order valence-electron chi connectivity index (χ3n) is 4.68. The van der Waals surface area contributed by atoms with Crippen LogP contribution in [0.3, 0.4) is 0 Å². The molecule has 3 aromatic rings. The summed E-state index contributed by atoms with van der Waals surface area (Å²) in [5.41, 5.74) is 1.23. The van der Waals surface area contributed by atoms with Gasteiger partial charge in [0.05, 0.1) is 6.54 Å². The molecule has 1 unspecified atom stereocenters. The highest BCUT2D eigenvalue weighted by atomic mass is 19.1. The molecule has 0 N–H and O–H groups in total. The van der Waals surface area contributed by atoms with Gasteiger partial charge in [-0.2, -0.15) is 0 Å². The molecule has 31 heavy (non-hydrogen) atoms. The molecule has 1 aromatic heterocycles. The molecule has 2 heterocycles. The van der Waals surface area contributed by atoms with E-state index in [0.29, 0.717) is 23.6 Å². The summed E-state index contributed by atoms with van der Waals surface area (Å²) in [4.78, 5) is 13.1. The molecule has 0 aliphatic carbocycles. The van der Waals surface area contributed by atoms with Crippen LogP contribution in [0.4, 0.5) is 10.2 Å². The molecular formula is C24H20FN3O3. The minimum atomic E-state index is -0.380. The Hall–Kier alpha value is -3.92. The van der Waals surface area contributed by atoms with Crippen molar-refractivity contribution in [2.75, 3.05) is 18.0 Å². The van der Waals surface area contributed by atoms with Crippen molar-refractivity contribution in [1.82, 2.24) is 10.2 Å². The second-order valence-electron chi connectivity index (χ2n) is 7.05. The minimum Gasteiger partial charge on any atom is -0.485 e. The van der Waals surface area contributed by atoms with Gasteiger partial charge in [0.1, 0.15) is 17.5 Å². The van der Waals surface area contributed by atoms with Crippen molar-refractivity contribution in [2.24, 2.45) is 0 Å². The Kier molecular flexibility index (Phi) is 6.08. The third kappa shape index (κ3) is 5.37. The van der Waals surface area contributed by atoms with Crippen molar-refractivity contribution in [3.8, 4) is 23.3 Å². The first-order chi connectivity index (χ1) is 15.1. The Bertz CT molecular complexity index is 1140. The van der Waals surface area contributed by atoms with E-state index in [4.69, 9.17) is 9.47 Å². The lowest BCUT2D eigenvalue weighted by Gasteiger charge is -2.17. The highest BCUT2D eigenvalue weighted by Crippen LogP contribution is 2.23. The first kappa shape index (κ1) is 20.4. The highest BCUT2D eigenvalue weighted by molar-refractivity contribution is 5.69. The summed E-state index contributed by atoms with van der Waals surface area (Å²) >= 11 is 0. The van der Waals surface area contributed by atoms with Crippen LogP contribution in [-0.2, 0) is 4.79 Å². The van der Waals surface area contributed by atoms with Gasteiger partial charge in [-0.05, 0) is 48.4 Å². The molecular weight excluding hydrogens is 397 g/mol. The zero-order chi connectivity index (χ0) is 21.6. The Morgan fingerprint density at radius 2 is 1.97 bits per heavy atom. The number of hydrogen-bond acceptors (Lipinski definition) is 6. The number of hydrogen-bond donors (Lipinski definition) is 0. The normalized spacial score (nSPS) is 15.2. The number of carbonyl (C=O) groups is 1. The zero-order valence-corrected chi connectivity index (χ0v) is 16.9. The molecule has 0 saturated carbocycles. The molecule has 1 atom stereocenters. The molecule has 4 rings (SSSR count). The van der Waals surface area contributed by atoms with Gasteiger partial charge in [-0.1, -0.05) is 24.1 Å². The number of benzene rings is 2. The van der Waals surface area contributed by atoms with Gasteiger partial charge in [0.15, 0.2) is 17.4 Å². The van der Waals surface area contributed by atoms with Crippen LogP contribution >= 0.6 is 0 Å². The monoisotopic (exact) mass is 417 g/mol. The van der Waals surface area contributed by atoms with Crippen LogP contribution in [0.5, 0.6) is 11.5 Å². The molecule has 156 valence electrons. The number of rotatable bonds is 4. The molecule has 7 heteroatoms. The summed E-state index contributed by atoms with van der Waals surface area (Å²) < 4.78 is 24.6. The number of ether oxygens (including phenoxy) is 2. The summed E-state index contributed by atoms with van der Waals surface area (Å²) in [6.45, 7) is 2.71. The maximum Gasteiger partial charge on any atom is 0.308 e. The van der Waals surface area contributed by atoms with Gasteiger partial charge in [0.2, 0.25) is 0 Å². The van der Waals surface area contributed by atoms with Gasteiger partial charge in [-0.3, -0.25) is 4.79 Å². The number of anilines is 1. The molecule has 1 aliphatic rings. The van der Waals surface area contributed by atoms with Crippen LogP contribution < -0.4 is 14.4 Å². The summed E-state index contributed by atoms with van der Waals surface area (Å²) in [5.74, 6) is 6.65. The molecule has 1 fully saturated rings. The number of nitrogens with zero attached hydrogens (tertiary/aromatic N) is 3. The van der Waals surface area contributed by atoms with Gasteiger partial charge >= 0.3 is 5.97 Å². The molecule has 1 saturated heterocycles. The molecule has 2 aromatic carbocycles. The lowest BCUT2D eigenvalue weighted by atomic mass is 10.2. The summed E-state index contributed by atoms with van der Waals surface area (Å²) in [6.07, 6.45) is 0.665. The molecule has 0 amide bonds. The van der Waals surface area contributed by atoms with Crippen molar-refractivity contribution in [1.29, 1.82) is 0 Å². The summed E-state index contributed by atoms with van der Waals surface area (Å²) in [6, 6.07) is 17.0. The van der Waals surface area contributed by atoms with Crippen LogP contribution in [0.25, 0.3) is 0 Å². The molecule has 0 radical (unpaired) electrons. The number of carbonyl (C=O) groups excluding carboxylic acids is 1. The van der Waals surface area contributed by atoms with E-state index in [0.717, 1.165) is 18.8 Å². The number of para-hydroxylation sites is 1. The van der Waals surface area contributed by atoms with Gasteiger partial charge in [0.25, 0.3) is 0 Å². The first-order valence-corrected chi connectivity index (χ1v) is 9.87. The van der Waals surface area contributed by atoms with Gasteiger partial charge in [0, 0.05) is 25.5 Å². The summed E-state index contributed by atoms with van der Waals surface area (Å²) in [5, 5.41) is 8.44. The first-order valence-electron chi connectivity index (χ1n) is 9.87. The van der Waals surface area contributed by atoms with E-state index in [1.54, 1.807) is 42.5 Å². The van der Waals surface area contributed by atoms with Crippen molar-refractivity contribution < 1.29 is 18.7 Å². The molecule has 0 spiro atoms. The predicted molar refractivity (Wildman–Crippen MR) is 113 cm³/mol. The van der Waals surface area contributed by atoms with Crippen LogP contribution in [0, 0.1) is 17.7 Å². The minimum absolute atomic E-state index is 0.109. The number of esters is 1. The Balaban J connectivity index is 1.38. The maximum atomic E-state index is 13.8. The summed E-state index contributed by atoms with van der Waals surface area (Å²) in [7, 11) is 0. The van der Waals surface area contributed by atoms with Crippen molar-refractivity contribution >= 4 is 11.8 Å². The van der Waals surface area contributed by atoms with E-state index < -0.39 is 0 Å². The fraction of sp³-hybridized carbons (Fsp3) is 0.208. The smallest absolute Gasteiger partial charge is 0.308 e. The van der Waals surface area contributed by atoms with E-state index >= 15 is 0 Å². The van der Waals surface area contributed by atoms with Gasteiger partial charge < -0.3 is 14.4 Å². The van der Waals surface area contributed by atoms with Gasteiger partial charge in [-0.15, -0.1) is 10.2 Å². The van der Waals surface area contributed by atoms with E-state index in [-0.39, 0.29) is 23.6 Å². The van der Waals surface area contributed by atoms with Crippen LogP contribution in [0.1, 0.15) is 24.6 Å². The second-order valence-corrected chi connectivity index (χ2v) is 7.05. The number of halogens is 1. The largest absolute Gasteiger partial charge is 0.485 e. The van der Waals surface area contributed by atoms with Crippen LogP contribution in [0.2, 0.25) is 0 Å². The predicted octanol–water partition coefficient (Wildman–Crippen LogP) is 3.60. The molecule has 1 aliphatic heterocycles. The second kappa shape index (κ2) is 9.26. The maximum absolute atomic E-state index is 13.8. The van der Waals surface area contributed by atoms with Crippen molar-refractivity contribution in [2.45, 2.75) is 19.4 Å². The van der Waals surface area contributed by atoms with E-state index in [9.17, 15) is 9.18 Å². The Morgan fingerprint density at radius 1 is 1.10 bits per heavy atom. The molecule has 0 bridgehead atoms.